The number of hydrogen-bond donors (Lipinski definition) is 0. The predicted molar refractivity (Wildman–Crippen MR) is 92.9 cm³/mol. The summed E-state index contributed by atoms with van der Waals surface area (Å²) in [5, 5.41) is 4.17. The van der Waals surface area contributed by atoms with Crippen molar-refractivity contribution in [2.75, 3.05) is 20.7 Å². The van der Waals surface area contributed by atoms with E-state index >= 15 is 0 Å². The molecule has 1 heterocycles. The number of nitrogens with zero attached hydrogens (tertiary/aromatic N) is 3. The van der Waals surface area contributed by atoms with Crippen molar-refractivity contribution in [1.82, 2.24) is 15.0 Å². The van der Waals surface area contributed by atoms with Crippen LogP contribution in [0.3, 0.4) is 0 Å². The second kappa shape index (κ2) is 7.27. The van der Waals surface area contributed by atoms with Crippen LogP contribution in [-0.4, -0.2) is 35.7 Å². The third-order valence-electron chi connectivity index (χ3n) is 4.08. The summed E-state index contributed by atoms with van der Waals surface area (Å²) < 4.78 is 11.0. The Kier molecular flexibility index (Phi) is 4.91. The van der Waals surface area contributed by atoms with Crippen LogP contribution in [0.4, 0.5) is 0 Å². The highest BCUT2D eigenvalue weighted by Gasteiger charge is 2.25. The van der Waals surface area contributed by atoms with Gasteiger partial charge in [0.05, 0.1) is 12.7 Å². The number of hydrogen-bond acceptors (Lipinski definition) is 5. The zero-order valence-corrected chi connectivity index (χ0v) is 14.1. The van der Waals surface area contributed by atoms with Gasteiger partial charge in [-0.3, -0.25) is 4.90 Å². The van der Waals surface area contributed by atoms with Crippen molar-refractivity contribution in [2.45, 2.75) is 13.0 Å². The van der Waals surface area contributed by atoms with Gasteiger partial charge in [-0.1, -0.05) is 54.5 Å². The van der Waals surface area contributed by atoms with Gasteiger partial charge in [0, 0.05) is 0 Å². The Morgan fingerprint density at radius 2 is 1.79 bits per heavy atom. The fourth-order valence-corrected chi connectivity index (χ4v) is 2.69. The molecular formula is C19H21N3O2. The molecule has 0 saturated heterocycles. The molecule has 24 heavy (non-hydrogen) atoms. The summed E-state index contributed by atoms with van der Waals surface area (Å²) in [5.74, 6) is 1.84. The highest BCUT2D eigenvalue weighted by Crippen LogP contribution is 2.31. The lowest BCUT2D eigenvalue weighted by Crippen LogP contribution is -2.25. The first-order chi connectivity index (χ1) is 11.7. The van der Waals surface area contributed by atoms with E-state index in [9.17, 15) is 0 Å². The Morgan fingerprint density at radius 3 is 2.50 bits per heavy atom. The first kappa shape index (κ1) is 16.2. The Hall–Kier alpha value is -2.66. The Bertz CT molecular complexity index is 786. The molecule has 0 aliphatic rings. The molecule has 124 valence electrons. The number of benzene rings is 2. The van der Waals surface area contributed by atoms with Gasteiger partial charge in [0.2, 0.25) is 11.7 Å². The Morgan fingerprint density at radius 1 is 1.08 bits per heavy atom. The molecule has 0 fully saturated rings. The summed E-state index contributed by atoms with van der Waals surface area (Å²) in [4.78, 5) is 6.81. The van der Waals surface area contributed by atoms with Gasteiger partial charge in [-0.15, -0.1) is 0 Å². The van der Waals surface area contributed by atoms with Crippen molar-refractivity contribution in [1.29, 1.82) is 0 Å². The molecule has 1 aromatic heterocycles. The van der Waals surface area contributed by atoms with E-state index in [1.807, 2.05) is 49.5 Å². The van der Waals surface area contributed by atoms with E-state index in [1.165, 1.54) is 0 Å². The van der Waals surface area contributed by atoms with Gasteiger partial charge < -0.3 is 9.26 Å². The third kappa shape index (κ3) is 3.16. The van der Waals surface area contributed by atoms with E-state index in [-0.39, 0.29) is 6.04 Å². The lowest BCUT2D eigenvalue weighted by molar-refractivity contribution is 0.234. The zero-order chi connectivity index (χ0) is 16.9. The molecule has 1 atom stereocenters. The summed E-state index contributed by atoms with van der Waals surface area (Å²) >= 11 is 0. The average molecular weight is 323 g/mol. The van der Waals surface area contributed by atoms with Gasteiger partial charge in [0.1, 0.15) is 11.8 Å². The maximum atomic E-state index is 5.60. The molecule has 3 aromatic rings. The van der Waals surface area contributed by atoms with E-state index in [0.717, 1.165) is 23.4 Å². The monoisotopic (exact) mass is 323 g/mol. The van der Waals surface area contributed by atoms with Crippen LogP contribution in [-0.2, 0) is 0 Å². The van der Waals surface area contributed by atoms with E-state index < -0.39 is 0 Å². The molecule has 0 aliphatic carbocycles. The molecule has 0 N–H and O–H groups in total. The van der Waals surface area contributed by atoms with Crippen molar-refractivity contribution in [2.24, 2.45) is 0 Å². The van der Waals surface area contributed by atoms with E-state index in [2.05, 4.69) is 34.1 Å². The molecule has 0 saturated carbocycles. The highest BCUT2D eigenvalue weighted by molar-refractivity contribution is 5.63. The largest absolute Gasteiger partial charge is 0.496 e. The molecule has 0 aliphatic heterocycles. The number of methoxy groups -OCH3 is 1. The maximum Gasteiger partial charge on any atom is 0.248 e. The number of rotatable bonds is 6. The first-order valence-electron chi connectivity index (χ1n) is 7.96. The second-order valence-electron chi connectivity index (χ2n) is 5.54. The molecule has 5 nitrogen and oxygen atoms in total. The van der Waals surface area contributed by atoms with Crippen molar-refractivity contribution < 1.29 is 9.26 Å². The molecule has 5 heteroatoms. The maximum absolute atomic E-state index is 5.60. The van der Waals surface area contributed by atoms with Gasteiger partial charge in [0.25, 0.3) is 0 Å². The van der Waals surface area contributed by atoms with Crippen molar-refractivity contribution in [3.63, 3.8) is 0 Å². The van der Waals surface area contributed by atoms with Crippen molar-refractivity contribution in [3.05, 3.63) is 66.1 Å². The van der Waals surface area contributed by atoms with Crippen molar-refractivity contribution in [3.8, 4) is 17.1 Å². The van der Waals surface area contributed by atoms with Gasteiger partial charge in [0.15, 0.2) is 0 Å². The smallest absolute Gasteiger partial charge is 0.248 e. The molecule has 0 amide bonds. The minimum Gasteiger partial charge on any atom is -0.496 e. The Balaban J connectivity index is 2.01. The van der Waals surface area contributed by atoms with Gasteiger partial charge in [-0.25, -0.2) is 0 Å². The quantitative estimate of drug-likeness (QED) is 0.691. The van der Waals surface area contributed by atoms with Gasteiger partial charge in [-0.05, 0) is 31.3 Å². The molecule has 2 aromatic carbocycles. The summed E-state index contributed by atoms with van der Waals surface area (Å²) in [5.41, 5.74) is 1.94. The predicted octanol–water partition coefficient (Wildman–Crippen LogP) is 3.79. The minimum absolute atomic E-state index is 0.0767. The van der Waals surface area contributed by atoms with Crippen LogP contribution in [0.1, 0.15) is 24.4 Å². The van der Waals surface area contributed by atoms with Gasteiger partial charge in [-0.2, -0.15) is 4.98 Å². The van der Waals surface area contributed by atoms with Crippen LogP contribution < -0.4 is 4.74 Å². The standard InChI is InChI=1S/C19H21N3O2/c1-4-22(2)17(14-10-6-5-7-11-14)19-20-18(21-24-19)15-12-8-9-13-16(15)23-3/h5-13,17H,4H2,1-3H3. The molecule has 3 rings (SSSR count). The molecule has 0 spiro atoms. The SMILES string of the molecule is CCN(C)C(c1ccccc1)c1nc(-c2ccccc2OC)no1. The van der Waals surface area contributed by atoms with Crippen LogP contribution in [0.25, 0.3) is 11.4 Å². The number of ether oxygens (including phenoxy) is 1. The van der Waals surface area contributed by atoms with Crippen LogP contribution in [0.5, 0.6) is 5.75 Å². The first-order valence-corrected chi connectivity index (χ1v) is 7.96. The summed E-state index contributed by atoms with van der Waals surface area (Å²) in [6, 6.07) is 17.8. The third-order valence-corrected chi connectivity index (χ3v) is 4.08. The Labute approximate surface area is 141 Å². The lowest BCUT2D eigenvalue weighted by Gasteiger charge is -2.23. The van der Waals surface area contributed by atoms with Crippen LogP contribution >= 0.6 is 0 Å². The molecule has 0 radical (unpaired) electrons. The second-order valence-corrected chi connectivity index (χ2v) is 5.54. The topological polar surface area (TPSA) is 51.4 Å². The van der Waals surface area contributed by atoms with Crippen LogP contribution in [0.15, 0.2) is 59.1 Å². The fraction of sp³-hybridized carbons (Fsp3) is 0.263. The summed E-state index contributed by atoms with van der Waals surface area (Å²) in [6.45, 7) is 2.97. The highest BCUT2D eigenvalue weighted by atomic mass is 16.5. The molecular weight excluding hydrogens is 302 g/mol. The average Bonchev–Trinajstić information content (AvgIpc) is 3.12. The molecule has 1 unspecified atom stereocenters. The van der Waals surface area contributed by atoms with Gasteiger partial charge >= 0.3 is 0 Å². The van der Waals surface area contributed by atoms with E-state index in [1.54, 1.807) is 7.11 Å². The lowest BCUT2D eigenvalue weighted by atomic mass is 10.1. The fourth-order valence-electron chi connectivity index (χ4n) is 2.69. The van der Waals surface area contributed by atoms with Crippen LogP contribution in [0, 0.1) is 0 Å². The summed E-state index contributed by atoms with van der Waals surface area (Å²) in [6.07, 6.45) is 0. The number of aromatic nitrogens is 2. The van der Waals surface area contributed by atoms with Crippen LogP contribution in [0.2, 0.25) is 0 Å². The van der Waals surface area contributed by atoms with E-state index in [4.69, 9.17) is 9.26 Å². The zero-order valence-electron chi connectivity index (χ0n) is 14.1. The summed E-state index contributed by atoms with van der Waals surface area (Å²) in [7, 11) is 3.68. The van der Waals surface area contributed by atoms with Crippen molar-refractivity contribution >= 4 is 0 Å². The van der Waals surface area contributed by atoms with E-state index in [0.29, 0.717) is 11.7 Å². The minimum atomic E-state index is -0.0767. The normalized spacial score (nSPS) is 12.3. The number of para-hydroxylation sites is 1. The molecule has 0 bridgehead atoms.